The van der Waals surface area contributed by atoms with E-state index < -0.39 is 0 Å². The molecule has 0 aliphatic rings. The molecule has 0 N–H and O–H groups in total. The first-order valence-electron chi connectivity index (χ1n) is 0.931. The molecule has 4 heavy (non-hydrogen) atoms. The van der Waals surface area contributed by atoms with Crippen molar-refractivity contribution in [1.82, 2.24) is 0 Å². The SMILES string of the molecule is C=C(P)P. The molecular formula is C2H6P2. The van der Waals surface area contributed by atoms with E-state index in [1.54, 1.807) is 0 Å². The van der Waals surface area contributed by atoms with Crippen LogP contribution in [0.5, 0.6) is 0 Å². The first-order chi connectivity index (χ1) is 1.73. The third-order valence-corrected chi connectivity index (χ3v) is 0. The Bertz CT molecular complexity index is 27.0. The summed E-state index contributed by atoms with van der Waals surface area (Å²) in [6, 6.07) is 0. The molecule has 0 saturated carbocycles. The highest BCUT2D eigenvalue weighted by molar-refractivity contribution is 7.45. The second-order valence-electron chi connectivity index (χ2n) is 0.575. The number of hydrogen-bond donors (Lipinski definition) is 0. The Morgan fingerprint density at radius 2 is 1.50 bits per heavy atom. The Balaban J connectivity index is 2.80. The maximum Gasteiger partial charge on any atom is -0.0420 e. The summed E-state index contributed by atoms with van der Waals surface area (Å²) < 4.78 is 0. The van der Waals surface area contributed by atoms with Gasteiger partial charge in [-0.2, -0.15) is 0 Å². The van der Waals surface area contributed by atoms with Gasteiger partial charge in [-0.15, -0.1) is 18.5 Å². The third-order valence-electron chi connectivity index (χ3n) is 0. The zero-order valence-electron chi connectivity index (χ0n) is 2.36. The van der Waals surface area contributed by atoms with Crippen molar-refractivity contribution in [2.24, 2.45) is 0 Å². The minimum absolute atomic E-state index is 1.00. The van der Waals surface area contributed by atoms with Crippen molar-refractivity contribution in [3.8, 4) is 0 Å². The van der Waals surface area contributed by atoms with Crippen LogP contribution in [0.1, 0.15) is 0 Å². The van der Waals surface area contributed by atoms with Crippen molar-refractivity contribution < 1.29 is 0 Å². The van der Waals surface area contributed by atoms with Gasteiger partial charge in [-0.05, 0) is 5.06 Å². The van der Waals surface area contributed by atoms with E-state index in [0.29, 0.717) is 0 Å². The summed E-state index contributed by atoms with van der Waals surface area (Å²) in [4.78, 5) is 0. The van der Waals surface area contributed by atoms with Gasteiger partial charge in [0.25, 0.3) is 0 Å². The molecule has 0 rings (SSSR count). The average Bonchev–Trinajstić information content (AvgIpc) is 0.811. The first kappa shape index (κ1) is 4.60. The molecule has 0 spiro atoms. The molecule has 0 aliphatic heterocycles. The average molecular weight is 92.0 g/mol. The summed E-state index contributed by atoms with van der Waals surface area (Å²) in [5.41, 5.74) is 0. The lowest BCUT2D eigenvalue weighted by Crippen LogP contribution is -1.19. The van der Waals surface area contributed by atoms with Gasteiger partial charge >= 0.3 is 0 Å². The van der Waals surface area contributed by atoms with E-state index in [4.69, 9.17) is 0 Å². The third kappa shape index (κ3) is 18.5. The fraction of sp³-hybridized carbons (Fsp3) is 0. The molecule has 0 aliphatic carbocycles. The van der Waals surface area contributed by atoms with E-state index in [9.17, 15) is 0 Å². The van der Waals surface area contributed by atoms with E-state index in [0.717, 1.165) is 5.06 Å². The van der Waals surface area contributed by atoms with Crippen LogP contribution in [-0.2, 0) is 0 Å². The van der Waals surface area contributed by atoms with Gasteiger partial charge in [0, 0.05) is 0 Å². The number of rotatable bonds is 0. The molecule has 0 radical (unpaired) electrons. The van der Waals surface area contributed by atoms with Gasteiger partial charge in [-0.25, -0.2) is 0 Å². The highest BCUT2D eigenvalue weighted by Gasteiger charge is 1.51. The van der Waals surface area contributed by atoms with Gasteiger partial charge in [0.1, 0.15) is 0 Å². The highest BCUT2D eigenvalue weighted by Crippen LogP contribution is 2.07. The molecule has 2 unspecified atom stereocenters. The van der Waals surface area contributed by atoms with Crippen LogP contribution < -0.4 is 0 Å². The van der Waals surface area contributed by atoms with Crippen molar-refractivity contribution in [2.75, 3.05) is 0 Å². The summed E-state index contributed by atoms with van der Waals surface area (Å²) in [6.07, 6.45) is 0. The van der Waals surface area contributed by atoms with Crippen LogP contribution in [-0.4, -0.2) is 0 Å². The van der Waals surface area contributed by atoms with Gasteiger partial charge in [0.05, 0.1) is 0 Å². The largest absolute Gasteiger partial charge is 0.106 e. The lowest BCUT2D eigenvalue weighted by molar-refractivity contribution is 2.54. The first-order valence-corrected chi connectivity index (χ1v) is 2.09. The maximum absolute atomic E-state index is 3.48. The van der Waals surface area contributed by atoms with Crippen LogP contribution in [0.15, 0.2) is 11.6 Å². The Labute approximate surface area is 31.1 Å². The maximum atomic E-state index is 3.48. The molecule has 0 amide bonds. The molecule has 0 aromatic rings. The van der Waals surface area contributed by atoms with Crippen molar-refractivity contribution in [3.05, 3.63) is 11.6 Å². The van der Waals surface area contributed by atoms with Crippen molar-refractivity contribution in [1.29, 1.82) is 0 Å². The van der Waals surface area contributed by atoms with E-state index in [-0.39, 0.29) is 0 Å². The Morgan fingerprint density at radius 3 is 1.50 bits per heavy atom. The molecule has 0 fully saturated rings. The van der Waals surface area contributed by atoms with Gasteiger partial charge < -0.3 is 0 Å². The second kappa shape index (κ2) is 1.88. The zero-order valence-corrected chi connectivity index (χ0v) is 4.67. The molecule has 0 aromatic heterocycles. The molecule has 2 atom stereocenters. The van der Waals surface area contributed by atoms with Crippen molar-refractivity contribution in [2.45, 2.75) is 0 Å². The summed E-state index contributed by atoms with van der Waals surface area (Å²) >= 11 is 0. The molecule has 0 heterocycles. The quantitative estimate of drug-likeness (QED) is 0.394. The predicted molar refractivity (Wildman–Crippen MR) is 28.6 cm³/mol. The summed E-state index contributed by atoms with van der Waals surface area (Å²) in [5.74, 6) is 0. The van der Waals surface area contributed by atoms with E-state index in [2.05, 4.69) is 25.1 Å². The molecule has 24 valence electrons. The van der Waals surface area contributed by atoms with Crippen LogP contribution in [0.25, 0.3) is 0 Å². The molecule has 2 heteroatoms. The smallest absolute Gasteiger partial charge is 0.0420 e. The number of hydrogen-bond acceptors (Lipinski definition) is 0. The van der Waals surface area contributed by atoms with Crippen molar-refractivity contribution >= 4 is 18.5 Å². The monoisotopic (exact) mass is 92.0 g/mol. The van der Waals surface area contributed by atoms with Gasteiger partial charge in [-0.3, -0.25) is 0 Å². The fourth-order valence-corrected chi connectivity index (χ4v) is 0. The minimum Gasteiger partial charge on any atom is -0.106 e. The molecule has 0 saturated heterocycles. The predicted octanol–water partition coefficient (Wildman–Crippen LogP) is 1.21. The van der Waals surface area contributed by atoms with Crippen LogP contribution in [0.4, 0.5) is 0 Å². The minimum atomic E-state index is 1.00. The summed E-state index contributed by atoms with van der Waals surface area (Å²) in [5, 5.41) is 1.00. The highest BCUT2D eigenvalue weighted by atomic mass is 31.1. The molecule has 0 bridgehead atoms. The van der Waals surface area contributed by atoms with Gasteiger partial charge in [-0.1, -0.05) is 6.58 Å². The lowest BCUT2D eigenvalue weighted by Gasteiger charge is -1.65. The normalized spacial score (nSPS) is 6.50. The Morgan fingerprint density at radius 1 is 1.50 bits per heavy atom. The van der Waals surface area contributed by atoms with Gasteiger partial charge in [0.15, 0.2) is 0 Å². The standard InChI is InChI=1S/C2H6P2/c1-2(3)4/h1,3-4H2. The van der Waals surface area contributed by atoms with Gasteiger partial charge in [0.2, 0.25) is 0 Å². The summed E-state index contributed by atoms with van der Waals surface area (Å²) in [7, 11) is 4.85. The lowest BCUT2D eigenvalue weighted by atomic mass is 11.3. The topological polar surface area (TPSA) is 0 Å². The second-order valence-corrected chi connectivity index (χ2v) is 2.72. The van der Waals surface area contributed by atoms with E-state index in [1.807, 2.05) is 0 Å². The molecule has 0 aromatic carbocycles. The Hall–Kier alpha value is 0.600. The Kier molecular flexibility index (Phi) is 2.16. The van der Waals surface area contributed by atoms with Crippen LogP contribution in [0, 0.1) is 0 Å². The van der Waals surface area contributed by atoms with Crippen molar-refractivity contribution in [3.63, 3.8) is 0 Å². The molecule has 0 nitrogen and oxygen atoms in total. The summed E-state index contributed by atoms with van der Waals surface area (Å²) in [6.45, 7) is 3.48. The van der Waals surface area contributed by atoms with Crippen LogP contribution in [0.3, 0.4) is 0 Å². The fourth-order valence-electron chi connectivity index (χ4n) is 0. The molecular weight excluding hydrogens is 86.0 g/mol. The van der Waals surface area contributed by atoms with Crippen LogP contribution >= 0.6 is 18.5 Å². The van der Waals surface area contributed by atoms with E-state index in [1.165, 1.54) is 0 Å². The van der Waals surface area contributed by atoms with E-state index >= 15 is 0 Å². The van der Waals surface area contributed by atoms with Crippen LogP contribution in [0.2, 0.25) is 0 Å². The zero-order chi connectivity index (χ0) is 3.58.